The summed E-state index contributed by atoms with van der Waals surface area (Å²) in [5.74, 6) is 1.25. The van der Waals surface area contributed by atoms with Gasteiger partial charge in [0.2, 0.25) is 0 Å². The van der Waals surface area contributed by atoms with E-state index in [-0.39, 0.29) is 36.6 Å². The second kappa shape index (κ2) is 13.2. The Bertz CT molecular complexity index is 648. The lowest BCUT2D eigenvalue weighted by molar-refractivity contribution is -0.0172. The van der Waals surface area contributed by atoms with Gasteiger partial charge in [0, 0.05) is 44.3 Å². The first-order valence-corrected chi connectivity index (χ1v) is 10.1. The van der Waals surface area contributed by atoms with E-state index in [1.807, 2.05) is 0 Å². The van der Waals surface area contributed by atoms with Crippen LogP contribution in [0, 0.1) is 5.82 Å². The highest BCUT2D eigenvalue weighted by Gasteiger charge is 2.17. The number of hydrogen-bond acceptors (Lipinski definition) is 4. The van der Waals surface area contributed by atoms with Gasteiger partial charge in [0.1, 0.15) is 11.6 Å². The smallest absolute Gasteiger partial charge is 0.190 e. The number of rotatable bonds is 9. The Morgan fingerprint density at radius 3 is 2.52 bits per heavy atom. The lowest BCUT2D eigenvalue weighted by Gasteiger charge is -2.30. The number of aliphatic imine (C=N–C) groups is 1. The maximum absolute atomic E-state index is 13.8. The normalized spacial score (nSPS) is 13.9. The molecule has 1 aliphatic heterocycles. The summed E-state index contributed by atoms with van der Waals surface area (Å²) in [5, 5.41) is 6.64. The van der Waals surface area contributed by atoms with E-state index in [2.05, 4.69) is 48.2 Å². The maximum atomic E-state index is 13.8. The van der Waals surface area contributed by atoms with Gasteiger partial charge >= 0.3 is 0 Å². The van der Waals surface area contributed by atoms with Crippen molar-refractivity contribution in [3.63, 3.8) is 0 Å². The van der Waals surface area contributed by atoms with Crippen LogP contribution in [0.25, 0.3) is 0 Å². The molecule has 0 spiro atoms. The number of guanidine groups is 1. The maximum Gasteiger partial charge on any atom is 0.190 e. The van der Waals surface area contributed by atoms with E-state index in [9.17, 15) is 4.39 Å². The van der Waals surface area contributed by atoms with Crippen LogP contribution in [0.2, 0.25) is 0 Å². The van der Waals surface area contributed by atoms with Crippen LogP contribution in [0.1, 0.15) is 45.2 Å². The third-order valence-corrected chi connectivity index (χ3v) is 4.87. The van der Waals surface area contributed by atoms with E-state index in [0.29, 0.717) is 31.7 Å². The van der Waals surface area contributed by atoms with Crippen LogP contribution in [0.4, 0.5) is 4.39 Å². The fourth-order valence-electron chi connectivity index (χ4n) is 3.56. The van der Waals surface area contributed by atoms with Crippen LogP contribution in [-0.2, 0) is 17.8 Å². The third-order valence-electron chi connectivity index (χ3n) is 4.87. The Morgan fingerprint density at radius 1 is 1.17 bits per heavy atom. The Balaban J connectivity index is 0.00000420. The molecule has 0 aromatic heterocycles. The van der Waals surface area contributed by atoms with Gasteiger partial charge < -0.3 is 20.1 Å². The van der Waals surface area contributed by atoms with Crippen molar-refractivity contribution in [3.05, 3.63) is 29.1 Å². The fraction of sp³-hybridized carbons (Fsp3) is 0.667. The predicted octanol–water partition coefficient (Wildman–Crippen LogP) is 3.53. The standard InChI is InChI=1S/C21H35FN4O2.HI/c1-15(2)26(16(3)4)10-6-8-24-21(23-5)25-9-7-17-11-19(22)12-18-13-27-14-28-20(17)18;/h11-12,15-16H,6-10,13-14H2,1-5H3,(H2,23,24,25);1H. The van der Waals surface area contributed by atoms with Gasteiger partial charge in [0.15, 0.2) is 12.8 Å². The minimum atomic E-state index is -0.259. The molecule has 0 bridgehead atoms. The summed E-state index contributed by atoms with van der Waals surface area (Å²) in [6, 6.07) is 4.10. The number of benzene rings is 1. The Labute approximate surface area is 191 Å². The summed E-state index contributed by atoms with van der Waals surface area (Å²) in [7, 11) is 1.76. The monoisotopic (exact) mass is 522 g/mol. The first-order valence-electron chi connectivity index (χ1n) is 10.1. The lowest BCUT2D eigenvalue weighted by Crippen LogP contribution is -2.41. The minimum Gasteiger partial charge on any atom is -0.467 e. The molecule has 0 amide bonds. The zero-order valence-corrected chi connectivity index (χ0v) is 20.6. The molecular weight excluding hydrogens is 486 g/mol. The minimum absolute atomic E-state index is 0. The molecule has 29 heavy (non-hydrogen) atoms. The van der Waals surface area contributed by atoms with E-state index in [0.717, 1.165) is 42.3 Å². The van der Waals surface area contributed by atoms with Crippen molar-refractivity contribution in [2.24, 2.45) is 4.99 Å². The molecule has 0 atom stereocenters. The van der Waals surface area contributed by atoms with Crippen LogP contribution in [0.3, 0.4) is 0 Å². The molecule has 2 N–H and O–H groups in total. The molecule has 1 aromatic carbocycles. The van der Waals surface area contributed by atoms with Gasteiger partial charge in [-0.3, -0.25) is 9.89 Å². The Morgan fingerprint density at radius 2 is 1.86 bits per heavy atom. The van der Waals surface area contributed by atoms with E-state index in [1.54, 1.807) is 7.05 Å². The molecule has 6 nitrogen and oxygen atoms in total. The Hall–Kier alpha value is -1.13. The SMILES string of the molecule is CN=C(NCCCN(C(C)C)C(C)C)NCCc1cc(F)cc2c1OCOC2.I. The summed E-state index contributed by atoms with van der Waals surface area (Å²) in [6.07, 6.45) is 1.69. The number of halogens is 2. The van der Waals surface area contributed by atoms with Gasteiger partial charge in [-0.05, 0) is 58.2 Å². The average molecular weight is 522 g/mol. The van der Waals surface area contributed by atoms with Gasteiger partial charge in [0.05, 0.1) is 6.61 Å². The molecule has 166 valence electrons. The number of fused-ring (bicyclic) bond motifs is 1. The lowest BCUT2D eigenvalue weighted by atomic mass is 10.1. The molecule has 0 saturated heterocycles. The summed E-state index contributed by atoms with van der Waals surface area (Å²) in [4.78, 5) is 6.75. The number of nitrogens with zero attached hydrogens (tertiary/aromatic N) is 2. The second-order valence-corrected chi connectivity index (χ2v) is 7.62. The Kier molecular flexibility index (Phi) is 11.8. The molecule has 1 heterocycles. The van der Waals surface area contributed by atoms with Gasteiger partial charge in [-0.1, -0.05) is 0 Å². The summed E-state index contributed by atoms with van der Waals surface area (Å²) in [6.45, 7) is 12.1. The molecule has 0 saturated carbocycles. The largest absolute Gasteiger partial charge is 0.467 e. The second-order valence-electron chi connectivity index (χ2n) is 7.62. The van der Waals surface area contributed by atoms with Crippen LogP contribution < -0.4 is 15.4 Å². The molecule has 1 aromatic rings. The van der Waals surface area contributed by atoms with Crippen molar-refractivity contribution < 1.29 is 13.9 Å². The quantitative estimate of drug-likeness (QED) is 0.225. The number of ether oxygens (including phenoxy) is 2. The number of nitrogens with one attached hydrogen (secondary N) is 2. The number of hydrogen-bond donors (Lipinski definition) is 2. The van der Waals surface area contributed by atoms with Gasteiger partial charge in [-0.25, -0.2) is 4.39 Å². The molecule has 8 heteroatoms. The van der Waals surface area contributed by atoms with Gasteiger partial charge in [-0.2, -0.15) is 0 Å². The van der Waals surface area contributed by atoms with Crippen LogP contribution in [0.5, 0.6) is 5.75 Å². The summed E-state index contributed by atoms with van der Waals surface area (Å²) < 4.78 is 24.6. The highest BCUT2D eigenvalue weighted by molar-refractivity contribution is 14.0. The zero-order valence-electron chi connectivity index (χ0n) is 18.3. The molecule has 1 aliphatic rings. The van der Waals surface area contributed by atoms with Gasteiger partial charge in [-0.15, -0.1) is 24.0 Å². The highest BCUT2D eigenvalue weighted by Crippen LogP contribution is 2.29. The molecule has 0 unspecified atom stereocenters. The summed E-state index contributed by atoms with van der Waals surface area (Å²) in [5.41, 5.74) is 1.62. The van der Waals surface area contributed by atoms with Crippen molar-refractivity contribution >= 4 is 29.9 Å². The van der Waals surface area contributed by atoms with Crippen molar-refractivity contribution in [2.45, 2.75) is 59.2 Å². The van der Waals surface area contributed by atoms with E-state index in [1.165, 1.54) is 12.1 Å². The highest BCUT2D eigenvalue weighted by atomic mass is 127. The molecule has 0 fully saturated rings. The van der Waals surface area contributed by atoms with Crippen molar-refractivity contribution in [2.75, 3.05) is 33.5 Å². The van der Waals surface area contributed by atoms with Crippen LogP contribution in [-0.4, -0.2) is 56.4 Å². The van der Waals surface area contributed by atoms with Gasteiger partial charge in [0.25, 0.3) is 0 Å². The van der Waals surface area contributed by atoms with Crippen molar-refractivity contribution in [1.29, 1.82) is 0 Å². The topological polar surface area (TPSA) is 58.1 Å². The zero-order chi connectivity index (χ0) is 20.5. The molecule has 2 rings (SSSR count). The molecule has 0 aliphatic carbocycles. The van der Waals surface area contributed by atoms with Crippen molar-refractivity contribution in [1.82, 2.24) is 15.5 Å². The average Bonchev–Trinajstić information content (AvgIpc) is 2.65. The molecular formula is C21H36FIN4O2. The predicted molar refractivity (Wildman–Crippen MR) is 127 cm³/mol. The first-order chi connectivity index (χ1) is 13.4. The van der Waals surface area contributed by atoms with E-state index in [4.69, 9.17) is 9.47 Å². The van der Waals surface area contributed by atoms with Crippen molar-refractivity contribution in [3.8, 4) is 5.75 Å². The van der Waals surface area contributed by atoms with E-state index < -0.39 is 0 Å². The van der Waals surface area contributed by atoms with Crippen LogP contribution >= 0.6 is 24.0 Å². The summed E-state index contributed by atoms with van der Waals surface area (Å²) >= 11 is 0. The van der Waals surface area contributed by atoms with Crippen LogP contribution in [0.15, 0.2) is 17.1 Å². The first kappa shape index (κ1) is 25.9. The molecule has 0 radical (unpaired) electrons. The van der Waals surface area contributed by atoms with E-state index >= 15 is 0 Å². The third kappa shape index (κ3) is 8.25. The fourth-order valence-corrected chi connectivity index (χ4v) is 3.56.